The van der Waals surface area contributed by atoms with Crippen molar-refractivity contribution in [1.82, 2.24) is 10.2 Å². The van der Waals surface area contributed by atoms with Crippen LogP contribution in [0.3, 0.4) is 0 Å². The van der Waals surface area contributed by atoms with Gasteiger partial charge >= 0.3 is 6.09 Å². The van der Waals surface area contributed by atoms with E-state index in [4.69, 9.17) is 5.11 Å². The van der Waals surface area contributed by atoms with Crippen LogP contribution in [0.1, 0.15) is 31.2 Å². The Morgan fingerprint density at radius 2 is 1.84 bits per heavy atom. The van der Waals surface area contributed by atoms with Crippen LogP contribution in [0.4, 0.5) is 4.79 Å². The van der Waals surface area contributed by atoms with Gasteiger partial charge in [0.15, 0.2) is 0 Å². The van der Waals surface area contributed by atoms with Crippen molar-refractivity contribution in [2.75, 3.05) is 14.1 Å². The van der Waals surface area contributed by atoms with Gasteiger partial charge in [0, 0.05) is 11.6 Å². The van der Waals surface area contributed by atoms with E-state index >= 15 is 0 Å². The van der Waals surface area contributed by atoms with Gasteiger partial charge in [-0.05, 0) is 45.3 Å². The molecule has 0 aromatic heterocycles. The molecule has 19 heavy (non-hydrogen) atoms. The number of nitrogens with zero attached hydrogens (tertiary/aromatic N) is 1. The van der Waals surface area contributed by atoms with E-state index in [9.17, 15) is 4.79 Å². The van der Waals surface area contributed by atoms with Gasteiger partial charge in [-0.25, -0.2) is 4.79 Å². The summed E-state index contributed by atoms with van der Waals surface area (Å²) in [5.41, 5.74) is 1.37. The molecule has 0 aliphatic heterocycles. The SMILES string of the molecule is CN(C)C1(c2ccccc2)CCC(NC(=O)O)CC1. The molecular formula is C15H22N2O2. The Hall–Kier alpha value is -1.55. The summed E-state index contributed by atoms with van der Waals surface area (Å²) >= 11 is 0. The van der Waals surface area contributed by atoms with Crippen LogP contribution in [0.25, 0.3) is 0 Å². The molecule has 0 radical (unpaired) electrons. The van der Waals surface area contributed by atoms with E-state index in [0.29, 0.717) is 0 Å². The van der Waals surface area contributed by atoms with Crippen LogP contribution in [-0.2, 0) is 5.54 Å². The Bertz CT molecular complexity index is 423. The third-order valence-electron chi connectivity index (χ3n) is 4.31. The summed E-state index contributed by atoms with van der Waals surface area (Å²) in [6, 6.07) is 10.6. The molecular weight excluding hydrogens is 240 g/mol. The Kier molecular flexibility index (Phi) is 4.10. The minimum atomic E-state index is -0.915. The number of carboxylic acid groups (broad SMARTS) is 1. The zero-order valence-electron chi connectivity index (χ0n) is 11.6. The van der Waals surface area contributed by atoms with Crippen LogP contribution in [0.15, 0.2) is 30.3 Å². The highest BCUT2D eigenvalue weighted by atomic mass is 16.4. The zero-order chi connectivity index (χ0) is 13.9. The molecule has 1 aliphatic carbocycles. The fraction of sp³-hybridized carbons (Fsp3) is 0.533. The van der Waals surface area contributed by atoms with Crippen LogP contribution in [0, 0.1) is 0 Å². The lowest BCUT2D eigenvalue weighted by Crippen LogP contribution is -2.48. The van der Waals surface area contributed by atoms with Gasteiger partial charge in [-0.1, -0.05) is 30.3 Å². The Labute approximate surface area is 114 Å². The molecule has 104 valence electrons. The monoisotopic (exact) mass is 262 g/mol. The first kappa shape index (κ1) is 13.9. The first-order valence-electron chi connectivity index (χ1n) is 6.77. The fourth-order valence-electron chi connectivity index (χ4n) is 3.16. The average molecular weight is 262 g/mol. The molecule has 0 bridgehead atoms. The Morgan fingerprint density at radius 3 is 2.32 bits per heavy atom. The summed E-state index contributed by atoms with van der Waals surface area (Å²) < 4.78 is 0. The molecule has 2 N–H and O–H groups in total. The number of rotatable bonds is 3. The third-order valence-corrected chi connectivity index (χ3v) is 4.31. The third kappa shape index (κ3) is 2.89. The Morgan fingerprint density at radius 1 is 1.26 bits per heavy atom. The van der Waals surface area contributed by atoms with Gasteiger partial charge in [-0.2, -0.15) is 0 Å². The maximum Gasteiger partial charge on any atom is 0.404 e. The highest BCUT2D eigenvalue weighted by Gasteiger charge is 2.38. The van der Waals surface area contributed by atoms with Crippen molar-refractivity contribution >= 4 is 6.09 Å². The highest BCUT2D eigenvalue weighted by molar-refractivity contribution is 5.64. The molecule has 0 heterocycles. The topological polar surface area (TPSA) is 52.6 Å². The smallest absolute Gasteiger partial charge is 0.404 e. The van der Waals surface area contributed by atoms with Gasteiger partial charge in [0.2, 0.25) is 0 Å². The minimum Gasteiger partial charge on any atom is -0.465 e. The van der Waals surface area contributed by atoms with E-state index in [0.717, 1.165) is 25.7 Å². The van der Waals surface area contributed by atoms with Gasteiger partial charge in [0.1, 0.15) is 0 Å². The zero-order valence-corrected chi connectivity index (χ0v) is 11.6. The van der Waals surface area contributed by atoms with Gasteiger partial charge in [0.25, 0.3) is 0 Å². The minimum absolute atomic E-state index is 0.0396. The number of nitrogens with one attached hydrogen (secondary N) is 1. The van der Waals surface area contributed by atoms with Crippen molar-refractivity contribution in [2.45, 2.75) is 37.3 Å². The number of hydrogen-bond acceptors (Lipinski definition) is 2. The summed E-state index contributed by atoms with van der Waals surface area (Å²) in [6.45, 7) is 0. The summed E-state index contributed by atoms with van der Waals surface area (Å²) in [5, 5.41) is 11.4. The van der Waals surface area contributed by atoms with E-state index in [1.54, 1.807) is 0 Å². The van der Waals surface area contributed by atoms with Crippen LogP contribution in [-0.4, -0.2) is 36.2 Å². The highest BCUT2D eigenvalue weighted by Crippen LogP contribution is 2.40. The molecule has 1 saturated carbocycles. The molecule has 1 aliphatic rings. The lowest BCUT2D eigenvalue weighted by Gasteiger charge is -2.45. The van der Waals surface area contributed by atoms with Crippen LogP contribution >= 0.6 is 0 Å². The summed E-state index contributed by atoms with van der Waals surface area (Å²) in [6.07, 6.45) is 2.82. The number of benzene rings is 1. The quantitative estimate of drug-likeness (QED) is 0.880. The second-order valence-corrected chi connectivity index (χ2v) is 5.52. The molecule has 4 heteroatoms. The molecule has 1 aromatic carbocycles. The van der Waals surface area contributed by atoms with Gasteiger partial charge < -0.3 is 10.4 Å². The second kappa shape index (κ2) is 5.61. The predicted octanol–water partition coefficient (Wildman–Crippen LogP) is 2.65. The normalized spacial score (nSPS) is 27.2. The van der Waals surface area contributed by atoms with Gasteiger partial charge in [0.05, 0.1) is 0 Å². The molecule has 4 nitrogen and oxygen atoms in total. The maximum atomic E-state index is 10.7. The van der Waals surface area contributed by atoms with Crippen LogP contribution in [0.5, 0.6) is 0 Å². The molecule has 0 spiro atoms. The average Bonchev–Trinajstić information content (AvgIpc) is 2.40. The van der Waals surface area contributed by atoms with Crippen molar-refractivity contribution in [3.05, 3.63) is 35.9 Å². The number of amides is 1. The standard InChI is InChI=1S/C15H22N2O2/c1-17(2)15(12-6-4-3-5-7-12)10-8-13(9-11-15)16-14(18)19/h3-7,13,16H,8-11H2,1-2H3,(H,18,19). The molecule has 0 saturated heterocycles. The summed E-state index contributed by atoms with van der Waals surface area (Å²) in [7, 11) is 4.22. The van der Waals surface area contributed by atoms with Crippen LogP contribution in [0.2, 0.25) is 0 Å². The lowest BCUT2D eigenvalue weighted by atomic mass is 9.74. The van der Waals surface area contributed by atoms with E-state index in [1.165, 1.54) is 5.56 Å². The van der Waals surface area contributed by atoms with E-state index in [2.05, 4.69) is 48.6 Å². The summed E-state index contributed by atoms with van der Waals surface area (Å²) in [4.78, 5) is 13.0. The largest absolute Gasteiger partial charge is 0.465 e. The van der Waals surface area contributed by atoms with Crippen molar-refractivity contribution in [2.24, 2.45) is 0 Å². The second-order valence-electron chi connectivity index (χ2n) is 5.52. The van der Waals surface area contributed by atoms with E-state index < -0.39 is 6.09 Å². The van der Waals surface area contributed by atoms with Crippen LogP contribution < -0.4 is 5.32 Å². The number of hydrogen-bond donors (Lipinski definition) is 2. The maximum absolute atomic E-state index is 10.7. The molecule has 1 fully saturated rings. The van der Waals surface area contributed by atoms with E-state index in [-0.39, 0.29) is 11.6 Å². The molecule has 1 amide bonds. The Balaban J connectivity index is 2.14. The van der Waals surface area contributed by atoms with Crippen molar-refractivity contribution in [3.63, 3.8) is 0 Å². The number of carbonyl (C=O) groups is 1. The van der Waals surface area contributed by atoms with Gasteiger partial charge in [-0.3, -0.25) is 4.90 Å². The first-order valence-corrected chi connectivity index (χ1v) is 6.77. The lowest BCUT2D eigenvalue weighted by molar-refractivity contribution is 0.0847. The van der Waals surface area contributed by atoms with Crippen molar-refractivity contribution in [1.29, 1.82) is 0 Å². The predicted molar refractivity (Wildman–Crippen MR) is 75.2 cm³/mol. The molecule has 2 rings (SSSR count). The van der Waals surface area contributed by atoms with E-state index in [1.807, 2.05) is 6.07 Å². The molecule has 0 atom stereocenters. The molecule has 0 unspecified atom stereocenters. The van der Waals surface area contributed by atoms with Gasteiger partial charge in [-0.15, -0.1) is 0 Å². The van der Waals surface area contributed by atoms with Crippen molar-refractivity contribution < 1.29 is 9.90 Å². The molecule has 1 aromatic rings. The summed E-state index contributed by atoms with van der Waals surface area (Å²) in [5.74, 6) is 0. The fourth-order valence-corrected chi connectivity index (χ4v) is 3.16. The van der Waals surface area contributed by atoms with Crippen molar-refractivity contribution in [3.8, 4) is 0 Å². The first-order chi connectivity index (χ1) is 9.04.